The Labute approximate surface area is 194 Å². The molecule has 1 amide bonds. The molecule has 1 aliphatic rings. The third-order valence-electron chi connectivity index (χ3n) is 6.07. The summed E-state index contributed by atoms with van der Waals surface area (Å²) in [6, 6.07) is 17.5. The normalized spacial score (nSPS) is 18.8. The fourth-order valence-electron chi connectivity index (χ4n) is 4.42. The van der Waals surface area contributed by atoms with Crippen LogP contribution in [-0.2, 0) is 16.1 Å². The number of nitrogens with zero attached hydrogens (tertiary/aromatic N) is 1. The quantitative estimate of drug-likeness (QED) is 0.495. The second-order valence-electron chi connectivity index (χ2n) is 9.78. The number of esters is 1. The van der Waals surface area contributed by atoms with E-state index in [0.29, 0.717) is 12.1 Å². The first-order valence-electron chi connectivity index (χ1n) is 11.5. The zero-order valence-electron chi connectivity index (χ0n) is 19.8. The largest absolute Gasteiger partial charge is 0.456 e. The first kappa shape index (κ1) is 22.9. The van der Waals surface area contributed by atoms with Gasteiger partial charge in [0.1, 0.15) is 12.2 Å². The van der Waals surface area contributed by atoms with Crippen LogP contribution < -0.4 is 0 Å². The average Bonchev–Trinajstić information content (AvgIpc) is 3.17. The van der Waals surface area contributed by atoms with Crippen LogP contribution in [0.15, 0.2) is 54.6 Å². The van der Waals surface area contributed by atoms with Gasteiger partial charge in [0.05, 0.1) is 5.56 Å². The second kappa shape index (κ2) is 9.30. The molecule has 1 N–H and O–H groups in total. The number of aromatic amines is 1. The van der Waals surface area contributed by atoms with E-state index in [1.807, 2.05) is 82.3 Å². The van der Waals surface area contributed by atoms with E-state index in [1.54, 1.807) is 4.90 Å². The molecule has 1 aliphatic heterocycles. The van der Waals surface area contributed by atoms with E-state index in [-0.39, 0.29) is 30.6 Å². The molecular weight excluding hydrogens is 416 g/mol. The van der Waals surface area contributed by atoms with Crippen LogP contribution in [0.2, 0.25) is 0 Å². The number of carbonyl (C=O) groups is 2. The monoisotopic (exact) mass is 448 g/mol. The highest BCUT2D eigenvalue weighted by Crippen LogP contribution is 2.36. The topological polar surface area (TPSA) is 71.6 Å². The molecule has 4 rings (SSSR count). The van der Waals surface area contributed by atoms with Crippen LogP contribution in [0.1, 0.15) is 68.1 Å². The van der Waals surface area contributed by atoms with Gasteiger partial charge < -0.3 is 19.4 Å². The molecule has 2 heterocycles. The molecule has 1 fully saturated rings. The summed E-state index contributed by atoms with van der Waals surface area (Å²) in [7, 11) is 0. The molecule has 174 valence electrons. The van der Waals surface area contributed by atoms with E-state index in [0.717, 1.165) is 35.0 Å². The Morgan fingerprint density at radius 1 is 1.03 bits per heavy atom. The average molecular weight is 449 g/mol. The van der Waals surface area contributed by atoms with E-state index in [1.165, 1.54) is 0 Å². The molecule has 1 aromatic heterocycles. The number of hydrogen-bond donors (Lipinski definition) is 1. The molecule has 33 heavy (non-hydrogen) atoms. The molecule has 1 saturated heterocycles. The smallest absolute Gasteiger partial charge is 0.410 e. The van der Waals surface area contributed by atoms with Gasteiger partial charge in [0.2, 0.25) is 0 Å². The number of H-pyrrole nitrogens is 1. The van der Waals surface area contributed by atoms with Crippen molar-refractivity contribution in [1.29, 1.82) is 0 Å². The van der Waals surface area contributed by atoms with Crippen molar-refractivity contribution in [1.82, 2.24) is 9.88 Å². The van der Waals surface area contributed by atoms with Crippen molar-refractivity contribution in [3.8, 4) is 0 Å². The van der Waals surface area contributed by atoms with Crippen molar-refractivity contribution >= 4 is 23.0 Å². The van der Waals surface area contributed by atoms with Gasteiger partial charge in [-0.2, -0.15) is 0 Å². The Balaban J connectivity index is 1.58. The van der Waals surface area contributed by atoms with E-state index in [9.17, 15) is 9.59 Å². The minimum atomic E-state index is -0.596. The molecule has 6 nitrogen and oxygen atoms in total. The number of hydrogen-bond acceptors (Lipinski definition) is 4. The van der Waals surface area contributed by atoms with Gasteiger partial charge in [-0.25, -0.2) is 9.59 Å². The molecule has 0 spiro atoms. The lowest BCUT2D eigenvalue weighted by molar-refractivity contribution is 0.00695. The third-order valence-corrected chi connectivity index (χ3v) is 6.07. The number of nitrogens with one attached hydrogen (secondary N) is 1. The highest BCUT2D eigenvalue weighted by molar-refractivity contribution is 6.06. The SMILES string of the molecule is CC1CCC(c2[nH]c3ccccc3c2C(=O)OC(C)(C)C)CN1C(=O)OCc1ccccc1. The number of aromatic nitrogens is 1. The molecular formula is C27H32N2O4. The Bertz CT molecular complexity index is 1130. The van der Waals surface area contributed by atoms with E-state index < -0.39 is 5.60 Å². The van der Waals surface area contributed by atoms with Gasteiger partial charge in [0.15, 0.2) is 0 Å². The zero-order chi connectivity index (χ0) is 23.6. The summed E-state index contributed by atoms with van der Waals surface area (Å²) >= 11 is 0. The molecule has 0 saturated carbocycles. The molecule has 0 radical (unpaired) electrons. The summed E-state index contributed by atoms with van der Waals surface area (Å²) in [5, 5.41) is 0.846. The van der Waals surface area contributed by atoms with Gasteiger partial charge in [-0.05, 0) is 52.2 Å². The van der Waals surface area contributed by atoms with Gasteiger partial charge in [0, 0.05) is 35.1 Å². The van der Waals surface area contributed by atoms with Crippen LogP contribution in [0.5, 0.6) is 0 Å². The summed E-state index contributed by atoms with van der Waals surface area (Å²) < 4.78 is 11.4. The molecule has 3 aromatic rings. The van der Waals surface area contributed by atoms with Crippen LogP contribution >= 0.6 is 0 Å². The Morgan fingerprint density at radius 2 is 1.73 bits per heavy atom. The van der Waals surface area contributed by atoms with E-state index in [2.05, 4.69) is 4.98 Å². The highest BCUT2D eigenvalue weighted by Gasteiger charge is 2.35. The van der Waals surface area contributed by atoms with Gasteiger partial charge in [-0.15, -0.1) is 0 Å². The van der Waals surface area contributed by atoms with Crippen LogP contribution in [0.3, 0.4) is 0 Å². The molecule has 2 atom stereocenters. The fourth-order valence-corrected chi connectivity index (χ4v) is 4.42. The van der Waals surface area contributed by atoms with Gasteiger partial charge in [-0.1, -0.05) is 48.5 Å². The lowest BCUT2D eigenvalue weighted by atomic mass is 9.89. The van der Waals surface area contributed by atoms with Crippen LogP contribution in [0.4, 0.5) is 4.79 Å². The fraction of sp³-hybridized carbons (Fsp3) is 0.407. The molecule has 0 bridgehead atoms. The molecule has 6 heteroatoms. The van der Waals surface area contributed by atoms with Crippen LogP contribution in [-0.4, -0.2) is 40.1 Å². The number of benzene rings is 2. The van der Waals surface area contributed by atoms with Gasteiger partial charge in [0.25, 0.3) is 0 Å². The molecule has 0 aliphatic carbocycles. The first-order chi connectivity index (χ1) is 15.7. The van der Waals surface area contributed by atoms with Crippen LogP contribution in [0.25, 0.3) is 10.9 Å². The number of para-hydroxylation sites is 1. The summed E-state index contributed by atoms with van der Waals surface area (Å²) in [5.74, 6) is -0.354. The summed E-state index contributed by atoms with van der Waals surface area (Å²) in [4.78, 5) is 31.4. The van der Waals surface area contributed by atoms with Crippen molar-refractivity contribution in [2.45, 2.75) is 64.7 Å². The predicted molar refractivity (Wildman–Crippen MR) is 128 cm³/mol. The molecule has 2 unspecified atom stereocenters. The number of carbonyl (C=O) groups excluding carboxylic acids is 2. The maximum atomic E-state index is 13.2. The number of ether oxygens (including phenoxy) is 2. The molecule has 2 aromatic carbocycles. The maximum Gasteiger partial charge on any atom is 0.410 e. The van der Waals surface area contributed by atoms with Crippen molar-refractivity contribution in [3.63, 3.8) is 0 Å². The van der Waals surface area contributed by atoms with Crippen molar-refractivity contribution < 1.29 is 19.1 Å². The first-order valence-corrected chi connectivity index (χ1v) is 11.5. The highest BCUT2D eigenvalue weighted by atomic mass is 16.6. The minimum absolute atomic E-state index is 0.0135. The van der Waals surface area contributed by atoms with Crippen molar-refractivity contribution in [3.05, 3.63) is 71.4 Å². The summed E-state index contributed by atoms with van der Waals surface area (Å²) in [5.41, 5.74) is 2.65. The minimum Gasteiger partial charge on any atom is -0.456 e. The summed E-state index contributed by atoms with van der Waals surface area (Å²) in [6.45, 7) is 8.37. The number of rotatable bonds is 4. The summed E-state index contributed by atoms with van der Waals surface area (Å²) in [6.07, 6.45) is 1.37. The zero-order valence-corrected chi connectivity index (χ0v) is 19.8. The number of piperidine rings is 1. The predicted octanol–water partition coefficient (Wildman–Crippen LogP) is 6.03. The Hall–Kier alpha value is -3.28. The van der Waals surface area contributed by atoms with E-state index >= 15 is 0 Å². The standard InChI is InChI=1S/C27H32N2O4/c1-18-14-15-20(16-29(18)26(31)32-17-19-10-6-5-7-11-19)24-23(25(30)33-27(2,3)4)21-12-8-9-13-22(21)28-24/h5-13,18,20,28H,14-17H2,1-4H3. The van der Waals surface area contributed by atoms with E-state index in [4.69, 9.17) is 9.47 Å². The number of amides is 1. The number of fused-ring (bicyclic) bond motifs is 1. The van der Waals surface area contributed by atoms with Gasteiger partial charge >= 0.3 is 12.1 Å². The maximum absolute atomic E-state index is 13.2. The number of likely N-dealkylation sites (tertiary alicyclic amines) is 1. The lowest BCUT2D eigenvalue weighted by Gasteiger charge is -2.37. The van der Waals surface area contributed by atoms with Crippen molar-refractivity contribution in [2.24, 2.45) is 0 Å². The lowest BCUT2D eigenvalue weighted by Crippen LogP contribution is -2.45. The second-order valence-corrected chi connectivity index (χ2v) is 9.78. The Kier molecular flexibility index (Phi) is 6.45. The van der Waals surface area contributed by atoms with Crippen LogP contribution in [0, 0.1) is 0 Å². The van der Waals surface area contributed by atoms with Gasteiger partial charge in [-0.3, -0.25) is 0 Å². The third kappa shape index (κ3) is 5.21. The Morgan fingerprint density at radius 3 is 2.45 bits per heavy atom. The van der Waals surface area contributed by atoms with Crippen molar-refractivity contribution in [2.75, 3.05) is 6.54 Å².